The van der Waals surface area contributed by atoms with E-state index in [-0.39, 0.29) is 11.4 Å². The predicted molar refractivity (Wildman–Crippen MR) is 55.5 cm³/mol. The van der Waals surface area contributed by atoms with Crippen molar-refractivity contribution in [3.63, 3.8) is 0 Å². The molecule has 0 saturated carbocycles. The Bertz CT molecular complexity index is 576. The lowest BCUT2D eigenvalue weighted by Crippen LogP contribution is -2.10. The van der Waals surface area contributed by atoms with Gasteiger partial charge in [0.2, 0.25) is 0 Å². The Hall–Kier alpha value is -2.22. The maximum absolute atomic E-state index is 12.8. The van der Waals surface area contributed by atoms with Crippen LogP contribution in [0.1, 0.15) is 11.3 Å². The van der Waals surface area contributed by atoms with Crippen LogP contribution in [0, 0.1) is 11.3 Å². The summed E-state index contributed by atoms with van der Waals surface area (Å²) in [5.41, 5.74) is -0.629. The summed E-state index contributed by atoms with van der Waals surface area (Å²) in [6.45, 7) is 0. The highest BCUT2D eigenvalue weighted by Crippen LogP contribution is 2.34. The summed E-state index contributed by atoms with van der Waals surface area (Å²) in [7, 11) is 0. The predicted octanol–water partition coefficient (Wildman–Crippen LogP) is 3.37. The number of hydrogen-bond acceptors (Lipinski definition) is 1. The molecule has 17 heavy (non-hydrogen) atoms. The highest BCUT2D eigenvalue weighted by atomic mass is 19.4. The number of nitriles is 1. The van der Waals surface area contributed by atoms with Crippen LogP contribution in [-0.2, 0) is 6.18 Å². The molecular formula is C12H7F3N2. The molecule has 0 aliphatic rings. The highest BCUT2D eigenvalue weighted by molar-refractivity contribution is 5.46. The molecule has 0 aliphatic heterocycles. The van der Waals surface area contributed by atoms with Gasteiger partial charge in [0, 0.05) is 6.20 Å². The van der Waals surface area contributed by atoms with Gasteiger partial charge in [-0.05, 0) is 24.3 Å². The summed E-state index contributed by atoms with van der Waals surface area (Å²) in [4.78, 5) is 0. The van der Waals surface area contributed by atoms with Crippen LogP contribution in [0.2, 0.25) is 0 Å². The minimum atomic E-state index is -4.44. The molecule has 0 saturated heterocycles. The number of rotatable bonds is 1. The maximum Gasteiger partial charge on any atom is 0.418 e. The van der Waals surface area contributed by atoms with E-state index in [9.17, 15) is 13.2 Å². The van der Waals surface area contributed by atoms with E-state index in [4.69, 9.17) is 5.26 Å². The molecule has 0 unspecified atom stereocenters. The van der Waals surface area contributed by atoms with Gasteiger partial charge in [0.15, 0.2) is 0 Å². The molecule has 0 N–H and O–H groups in total. The standard InChI is InChI=1S/C12H7F3N2/c13-12(14,15)10-5-1-2-6-11(10)17-7-3-4-9(17)8-16/h1-7H. The minimum Gasteiger partial charge on any atom is -0.308 e. The van der Waals surface area contributed by atoms with Crippen molar-refractivity contribution < 1.29 is 13.2 Å². The summed E-state index contributed by atoms with van der Waals surface area (Å²) < 4.78 is 39.6. The van der Waals surface area contributed by atoms with Gasteiger partial charge in [-0.2, -0.15) is 18.4 Å². The van der Waals surface area contributed by atoms with Gasteiger partial charge in [-0.1, -0.05) is 12.1 Å². The van der Waals surface area contributed by atoms with E-state index in [1.54, 1.807) is 0 Å². The second-order valence-corrected chi connectivity index (χ2v) is 3.39. The van der Waals surface area contributed by atoms with Gasteiger partial charge < -0.3 is 4.57 Å². The fourth-order valence-electron chi connectivity index (χ4n) is 1.61. The largest absolute Gasteiger partial charge is 0.418 e. The summed E-state index contributed by atoms with van der Waals surface area (Å²) in [5, 5.41) is 8.81. The first kappa shape index (κ1) is 11.3. The Morgan fingerprint density at radius 2 is 1.76 bits per heavy atom. The van der Waals surface area contributed by atoms with Crippen LogP contribution in [-0.4, -0.2) is 4.57 Å². The highest BCUT2D eigenvalue weighted by Gasteiger charge is 2.33. The average Bonchev–Trinajstić information content (AvgIpc) is 2.75. The first-order valence-corrected chi connectivity index (χ1v) is 4.78. The molecule has 2 nitrogen and oxygen atoms in total. The lowest BCUT2D eigenvalue weighted by atomic mass is 10.1. The summed E-state index contributed by atoms with van der Waals surface area (Å²) >= 11 is 0. The van der Waals surface area contributed by atoms with E-state index in [1.165, 1.54) is 41.1 Å². The number of halogens is 3. The van der Waals surface area contributed by atoms with Crippen LogP contribution in [0.3, 0.4) is 0 Å². The molecule has 0 atom stereocenters. The van der Waals surface area contributed by atoms with Gasteiger partial charge >= 0.3 is 6.18 Å². The lowest BCUT2D eigenvalue weighted by Gasteiger charge is -2.13. The van der Waals surface area contributed by atoms with Crippen LogP contribution in [0.5, 0.6) is 0 Å². The third kappa shape index (κ3) is 2.02. The number of benzene rings is 1. The van der Waals surface area contributed by atoms with Crippen molar-refractivity contribution in [3.8, 4) is 11.8 Å². The monoisotopic (exact) mass is 236 g/mol. The van der Waals surface area contributed by atoms with Gasteiger partial charge in [-0.3, -0.25) is 0 Å². The molecular weight excluding hydrogens is 229 g/mol. The van der Waals surface area contributed by atoms with Crippen molar-refractivity contribution in [2.75, 3.05) is 0 Å². The molecule has 0 bridgehead atoms. The Morgan fingerprint density at radius 3 is 2.41 bits per heavy atom. The topological polar surface area (TPSA) is 28.7 Å². The molecule has 1 heterocycles. The van der Waals surface area contributed by atoms with Gasteiger partial charge in [-0.15, -0.1) is 0 Å². The van der Waals surface area contributed by atoms with Crippen molar-refractivity contribution in [3.05, 3.63) is 53.9 Å². The molecule has 2 rings (SSSR count). The van der Waals surface area contributed by atoms with Crippen LogP contribution in [0.4, 0.5) is 13.2 Å². The molecule has 0 fully saturated rings. The SMILES string of the molecule is N#Cc1cccn1-c1ccccc1C(F)(F)F. The number of nitrogens with zero attached hydrogens (tertiary/aromatic N) is 2. The first-order valence-electron chi connectivity index (χ1n) is 4.78. The average molecular weight is 236 g/mol. The lowest BCUT2D eigenvalue weighted by molar-refractivity contribution is -0.137. The van der Waals surface area contributed by atoms with E-state index < -0.39 is 11.7 Å². The third-order valence-corrected chi connectivity index (χ3v) is 2.33. The quantitative estimate of drug-likeness (QED) is 0.746. The number of alkyl halides is 3. The molecule has 5 heteroatoms. The molecule has 1 aromatic carbocycles. The van der Waals surface area contributed by atoms with Crippen molar-refractivity contribution in [2.24, 2.45) is 0 Å². The summed E-state index contributed by atoms with van der Waals surface area (Å²) in [6.07, 6.45) is -3.00. The zero-order valence-electron chi connectivity index (χ0n) is 8.57. The Labute approximate surface area is 95.5 Å². The van der Waals surface area contributed by atoms with Crippen molar-refractivity contribution in [1.29, 1.82) is 5.26 Å². The number of para-hydroxylation sites is 1. The molecule has 1 aromatic heterocycles. The van der Waals surface area contributed by atoms with Crippen LogP contribution >= 0.6 is 0 Å². The molecule has 0 spiro atoms. The Balaban J connectivity index is 2.65. The molecule has 0 amide bonds. The fraction of sp³-hybridized carbons (Fsp3) is 0.0833. The van der Waals surface area contributed by atoms with Crippen LogP contribution in [0.25, 0.3) is 5.69 Å². The molecule has 2 aromatic rings. The zero-order chi connectivity index (χ0) is 12.5. The van der Waals surface area contributed by atoms with Crippen LogP contribution < -0.4 is 0 Å². The van der Waals surface area contributed by atoms with Crippen LogP contribution in [0.15, 0.2) is 42.6 Å². The molecule has 86 valence electrons. The fourth-order valence-corrected chi connectivity index (χ4v) is 1.61. The molecule has 0 aliphatic carbocycles. The second kappa shape index (κ2) is 3.98. The minimum absolute atomic E-state index is 0.0402. The van der Waals surface area contributed by atoms with E-state index in [2.05, 4.69) is 0 Å². The number of hydrogen-bond donors (Lipinski definition) is 0. The summed E-state index contributed by atoms with van der Waals surface area (Å²) in [5.74, 6) is 0. The van der Waals surface area contributed by atoms with Crippen molar-refractivity contribution in [1.82, 2.24) is 4.57 Å². The van der Waals surface area contributed by atoms with Crippen molar-refractivity contribution in [2.45, 2.75) is 6.18 Å². The maximum atomic E-state index is 12.8. The van der Waals surface area contributed by atoms with E-state index >= 15 is 0 Å². The number of aromatic nitrogens is 1. The Kier molecular flexibility index (Phi) is 2.64. The zero-order valence-corrected chi connectivity index (χ0v) is 8.57. The van der Waals surface area contributed by atoms with E-state index in [0.29, 0.717) is 0 Å². The van der Waals surface area contributed by atoms with Gasteiger partial charge in [0.05, 0.1) is 11.3 Å². The van der Waals surface area contributed by atoms with Gasteiger partial charge in [0.1, 0.15) is 11.8 Å². The van der Waals surface area contributed by atoms with E-state index in [1.807, 2.05) is 6.07 Å². The van der Waals surface area contributed by atoms with Gasteiger partial charge in [0.25, 0.3) is 0 Å². The second-order valence-electron chi connectivity index (χ2n) is 3.39. The smallest absolute Gasteiger partial charge is 0.308 e. The third-order valence-electron chi connectivity index (χ3n) is 2.33. The Morgan fingerprint density at radius 1 is 1.06 bits per heavy atom. The molecule has 0 radical (unpaired) electrons. The van der Waals surface area contributed by atoms with Crippen molar-refractivity contribution >= 4 is 0 Å². The first-order chi connectivity index (χ1) is 8.04. The van der Waals surface area contributed by atoms with Gasteiger partial charge in [-0.25, -0.2) is 0 Å². The summed E-state index contributed by atoms with van der Waals surface area (Å²) in [6, 6.07) is 10.0. The van der Waals surface area contributed by atoms with E-state index in [0.717, 1.165) is 6.07 Å². The normalized spacial score (nSPS) is 11.2.